The lowest BCUT2D eigenvalue weighted by molar-refractivity contribution is 0.458. The molecule has 0 amide bonds. The molecule has 0 aliphatic heterocycles. The van der Waals surface area contributed by atoms with Crippen LogP contribution in [-0.4, -0.2) is 9.97 Å². The summed E-state index contributed by atoms with van der Waals surface area (Å²) in [5.41, 5.74) is 0. The molecule has 3 nitrogen and oxygen atoms in total. The van der Waals surface area contributed by atoms with E-state index in [1.54, 1.807) is 18.3 Å². The zero-order valence-electron chi connectivity index (χ0n) is 7.82. The Balaban J connectivity index is 2.34. The smallest absolute Gasteiger partial charge is 0.236 e. The zero-order valence-corrected chi connectivity index (χ0v) is 11.8. The fraction of sp³-hybridized carbons (Fsp3) is 0. The lowest BCUT2D eigenvalue weighted by atomic mass is 10.3. The summed E-state index contributed by atoms with van der Waals surface area (Å²) < 4.78 is 7.12. The second kappa shape index (κ2) is 5.12. The molecular weight excluding hydrogens is 359 g/mol. The van der Waals surface area contributed by atoms with Crippen LogP contribution in [0.1, 0.15) is 0 Å². The summed E-state index contributed by atoms with van der Waals surface area (Å²) in [7, 11) is 0. The third-order valence-corrected chi connectivity index (χ3v) is 3.08. The molecule has 0 aliphatic rings. The van der Waals surface area contributed by atoms with E-state index < -0.39 is 0 Å². The van der Waals surface area contributed by atoms with Crippen molar-refractivity contribution < 1.29 is 4.74 Å². The molecule has 16 heavy (non-hydrogen) atoms. The Morgan fingerprint density at radius 2 is 2.06 bits per heavy atom. The number of ether oxygens (including phenoxy) is 1. The van der Waals surface area contributed by atoms with Gasteiger partial charge in [-0.25, -0.2) is 9.97 Å². The van der Waals surface area contributed by atoms with Gasteiger partial charge in [-0.3, -0.25) is 0 Å². The van der Waals surface area contributed by atoms with Crippen molar-refractivity contribution in [3.05, 3.63) is 44.7 Å². The van der Waals surface area contributed by atoms with Crippen molar-refractivity contribution in [2.24, 2.45) is 0 Å². The van der Waals surface area contributed by atoms with Crippen molar-refractivity contribution in [1.82, 2.24) is 9.97 Å². The summed E-state index contributed by atoms with van der Waals surface area (Å²) in [5, 5.41) is 0.522. The highest BCUT2D eigenvalue weighted by Gasteiger charge is 2.07. The van der Waals surface area contributed by atoms with E-state index in [0.29, 0.717) is 21.1 Å². The summed E-state index contributed by atoms with van der Waals surface area (Å²) in [6.45, 7) is 0. The van der Waals surface area contributed by atoms with Gasteiger partial charge >= 0.3 is 0 Å². The maximum absolute atomic E-state index is 5.99. The lowest BCUT2D eigenvalue weighted by Crippen LogP contribution is -1.90. The highest BCUT2D eigenvalue weighted by atomic mass is 79.9. The maximum Gasteiger partial charge on any atom is 0.236 e. The van der Waals surface area contributed by atoms with Gasteiger partial charge in [0.1, 0.15) is 12.1 Å². The molecule has 0 fully saturated rings. The second-order valence-electron chi connectivity index (χ2n) is 2.85. The minimum Gasteiger partial charge on any atom is -0.436 e. The van der Waals surface area contributed by atoms with Crippen LogP contribution in [0.4, 0.5) is 0 Å². The minimum absolute atomic E-state index is 0.426. The van der Waals surface area contributed by atoms with Crippen molar-refractivity contribution >= 4 is 43.5 Å². The summed E-state index contributed by atoms with van der Waals surface area (Å²) in [4.78, 5) is 7.84. The highest BCUT2D eigenvalue weighted by Crippen LogP contribution is 2.33. The van der Waals surface area contributed by atoms with Crippen LogP contribution >= 0.6 is 43.5 Å². The fourth-order valence-corrected chi connectivity index (χ4v) is 1.83. The zero-order chi connectivity index (χ0) is 11.5. The first kappa shape index (κ1) is 11.8. The first-order chi connectivity index (χ1) is 7.66. The molecule has 0 aliphatic carbocycles. The van der Waals surface area contributed by atoms with Gasteiger partial charge < -0.3 is 4.74 Å². The van der Waals surface area contributed by atoms with E-state index >= 15 is 0 Å². The fourth-order valence-electron chi connectivity index (χ4n) is 1.04. The Bertz CT molecular complexity index is 522. The average molecular weight is 364 g/mol. The van der Waals surface area contributed by atoms with Crippen LogP contribution in [0.25, 0.3) is 0 Å². The minimum atomic E-state index is 0.426. The number of halogens is 3. The highest BCUT2D eigenvalue weighted by molar-refractivity contribution is 9.10. The molecule has 0 atom stereocenters. The topological polar surface area (TPSA) is 35.0 Å². The van der Waals surface area contributed by atoms with Crippen molar-refractivity contribution in [3.8, 4) is 11.6 Å². The van der Waals surface area contributed by atoms with Crippen LogP contribution in [-0.2, 0) is 0 Å². The molecule has 0 saturated heterocycles. The Hall–Kier alpha value is -0.650. The molecule has 0 unspecified atom stereocenters. The SMILES string of the molecule is Clc1ccc(Br)cc1Oc1ncncc1Br. The normalized spacial score (nSPS) is 10.2. The molecule has 6 heteroatoms. The van der Waals surface area contributed by atoms with E-state index in [1.165, 1.54) is 6.33 Å². The summed E-state index contributed by atoms with van der Waals surface area (Å²) >= 11 is 12.6. The van der Waals surface area contributed by atoms with Crippen molar-refractivity contribution in [3.63, 3.8) is 0 Å². The quantitative estimate of drug-likeness (QED) is 0.790. The summed E-state index contributed by atoms with van der Waals surface area (Å²) in [6, 6.07) is 5.36. The van der Waals surface area contributed by atoms with E-state index in [-0.39, 0.29) is 0 Å². The van der Waals surface area contributed by atoms with Gasteiger partial charge in [-0.2, -0.15) is 0 Å². The Morgan fingerprint density at radius 3 is 2.81 bits per heavy atom. The number of rotatable bonds is 2. The third kappa shape index (κ3) is 2.72. The van der Waals surface area contributed by atoms with Crippen LogP contribution in [0.15, 0.2) is 39.7 Å². The van der Waals surface area contributed by atoms with Gasteiger partial charge in [0.15, 0.2) is 0 Å². The molecule has 82 valence electrons. The van der Waals surface area contributed by atoms with Crippen LogP contribution in [0.3, 0.4) is 0 Å². The number of benzene rings is 1. The monoisotopic (exact) mass is 362 g/mol. The molecule has 0 radical (unpaired) electrons. The van der Waals surface area contributed by atoms with Crippen LogP contribution in [0.5, 0.6) is 11.6 Å². The van der Waals surface area contributed by atoms with E-state index in [0.717, 1.165) is 4.47 Å². The van der Waals surface area contributed by atoms with Crippen molar-refractivity contribution in [2.45, 2.75) is 0 Å². The molecule has 1 aromatic heterocycles. The Kier molecular flexibility index (Phi) is 3.78. The number of hydrogen-bond acceptors (Lipinski definition) is 3. The molecule has 0 bridgehead atoms. The van der Waals surface area contributed by atoms with E-state index in [2.05, 4.69) is 41.8 Å². The Morgan fingerprint density at radius 1 is 1.25 bits per heavy atom. The van der Waals surface area contributed by atoms with Gasteiger partial charge in [-0.15, -0.1) is 0 Å². The first-order valence-electron chi connectivity index (χ1n) is 4.25. The molecule has 2 rings (SSSR count). The summed E-state index contributed by atoms with van der Waals surface area (Å²) in [5.74, 6) is 0.963. The van der Waals surface area contributed by atoms with Crippen LogP contribution in [0.2, 0.25) is 5.02 Å². The van der Waals surface area contributed by atoms with E-state index in [9.17, 15) is 0 Å². The molecular formula is C10H5Br2ClN2O. The number of hydrogen-bond donors (Lipinski definition) is 0. The molecule has 1 aromatic carbocycles. The number of nitrogens with zero attached hydrogens (tertiary/aromatic N) is 2. The van der Waals surface area contributed by atoms with Gasteiger partial charge in [0.05, 0.1) is 9.50 Å². The van der Waals surface area contributed by atoms with Crippen molar-refractivity contribution in [1.29, 1.82) is 0 Å². The maximum atomic E-state index is 5.99. The van der Waals surface area contributed by atoms with Crippen molar-refractivity contribution in [2.75, 3.05) is 0 Å². The average Bonchev–Trinajstić information content (AvgIpc) is 2.27. The largest absolute Gasteiger partial charge is 0.436 e. The van der Waals surface area contributed by atoms with E-state index in [1.807, 2.05) is 6.07 Å². The first-order valence-corrected chi connectivity index (χ1v) is 6.21. The number of aromatic nitrogens is 2. The molecule has 0 spiro atoms. The van der Waals surface area contributed by atoms with Crippen LogP contribution < -0.4 is 4.74 Å². The summed E-state index contributed by atoms with van der Waals surface area (Å²) in [6.07, 6.45) is 3.01. The molecule has 2 aromatic rings. The second-order valence-corrected chi connectivity index (χ2v) is 5.03. The van der Waals surface area contributed by atoms with Gasteiger partial charge in [-0.1, -0.05) is 27.5 Å². The van der Waals surface area contributed by atoms with Crippen LogP contribution in [0, 0.1) is 0 Å². The lowest BCUT2D eigenvalue weighted by Gasteiger charge is -2.07. The molecule has 0 saturated carbocycles. The Labute approximate surface area is 114 Å². The molecule has 0 N–H and O–H groups in total. The predicted octanol–water partition coefficient (Wildman–Crippen LogP) is 4.45. The van der Waals surface area contributed by atoms with Gasteiger partial charge in [0.25, 0.3) is 0 Å². The van der Waals surface area contributed by atoms with Gasteiger partial charge in [0.2, 0.25) is 5.88 Å². The van der Waals surface area contributed by atoms with E-state index in [4.69, 9.17) is 16.3 Å². The standard InChI is InChI=1S/C10H5Br2ClN2O/c11-6-1-2-8(13)9(3-6)16-10-7(12)4-14-5-15-10/h1-5H. The third-order valence-electron chi connectivity index (χ3n) is 1.73. The molecule has 1 heterocycles. The predicted molar refractivity (Wildman–Crippen MR) is 69.0 cm³/mol. The van der Waals surface area contributed by atoms with Gasteiger partial charge in [0, 0.05) is 10.7 Å². The van der Waals surface area contributed by atoms with Gasteiger partial charge in [-0.05, 0) is 34.1 Å².